The molecule has 1 aliphatic heterocycles. The number of carbonyl (C=O) groups excluding carboxylic acids is 3. The van der Waals surface area contributed by atoms with Gasteiger partial charge in [0.15, 0.2) is 17.3 Å². The number of nitrogens with zero attached hydrogens (tertiary/aromatic N) is 1. The minimum Gasteiger partial charge on any atom is -0.507 e. The molecule has 8 heteroatoms. The van der Waals surface area contributed by atoms with Crippen LogP contribution < -0.4 is 10.1 Å². The number of benzene rings is 1. The lowest BCUT2D eigenvalue weighted by Gasteiger charge is -2.29. The number of fused-ring (bicyclic) bond motifs is 3. The highest BCUT2D eigenvalue weighted by atomic mass is 16.5. The molecule has 0 saturated carbocycles. The third-order valence-electron chi connectivity index (χ3n) is 6.32. The zero-order valence-electron chi connectivity index (χ0n) is 18.9. The topological polar surface area (TPSA) is 126 Å². The molecule has 2 aliphatic rings. The maximum absolute atomic E-state index is 13.8. The number of phenolic OH excluding ortho intramolecular Hbond substituents is 2. The maximum atomic E-state index is 13.8. The molecule has 0 fully saturated rings. The number of ether oxygens (including phenoxy) is 1. The molecule has 2 aromatic rings. The average molecular weight is 448 g/mol. The van der Waals surface area contributed by atoms with E-state index in [0.717, 1.165) is 5.69 Å². The van der Waals surface area contributed by atoms with E-state index in [1.807, 2.05) is 19.1 Å². The van der Waals surface area contributed by atoms with Crippen LogP contribution in [0.4, 0.5) is 0 Å². The second-order valence-corrected chi connectivity index (χ2v) is 8.51. The minimum atomic E-state index is -1.54. The fraction of sp³-hybridized carbons (Fsp3) is 0.280. The zero-order chi connectivity index (χ0) is 24.2. The van der Waals surface area contributed by atoms with Gasteiger partial charge in [-0.15, -0.1) is 0 Å². The number of aromatic nitrogens is 1. The van der Waals surface area contributed by atoms with Crippen molar-refractivity contribution >= 4 is 17.3 Å². The van der Waals surface area contributed by atoms with Gasteiger partial charge in [-0.05, 0) is 46.8 Å². The molecule has 0 amide bonds. The molecule has 3 N–H and O–H groups in total. The molecule has 0 radical (unpaired) electrons. The third kappa shape index (κ3) is 3.13. The van der Waals surface area contributed by atoms with Crippen molar-refractivity contribution in [2.45, 2.75) is 46.1 Å². The Morgan fingerprint density at radius 3 is 2.48 bits per heavy atom. The average Bonchev–Trinajstić information content (AvgIpc) is 3.05. The first-order valence-corrected chi connectivity index (χ1v) is 10.5. The molecule has 0 bridgehead atoms. The zero-order valence-corrected chi connectivity index (χ0v) is 18.9. The van der Waals surface area contributed by atoms with Crippen LogP contribution in [-0.2, 0) is 15.0 Å². The number of pyridine rings is 1. The van der Waals surface area contributed by atoms with Gasteiger partial charge in [-0.3, -0.25) is 19.4 Å². The molecule has 4 rings (SSSR count). The van der Waals surface area contributed by atoms with Crippen LogP contribution in [0.25, 0.3) is 0 Å². The number of aromatic hydroxyl groups is 2. The second-order valence-electron chi connectivity index (χ2n) is 8.51. The van der Waals surface area contributed by atoms with Crippen molar-refractivity contribution < 1.29 is 29.3 Å². The number of nitrogens with one attached hydrogen (secondary N) is 1. The quantitative estimate of drug-likeness (QED) is 0.370. The highest BCUT2D eigenvalue weighted by Gasteiger charge is 2.56. The largest absolute Gasteiger partial charge is 0.507 e. The van der Waals surface area contributed by atoms with E-state index in [0.29, 0.717) is 5.70 Å². The van der Waals surface area contributed by atoms with Crippen molar-refractivity contribution in [3.05, 3.63) is 69.9 Å². The first kappa shape index (κ1) is 22.3. The Hall–Kier alpha value is -3.94. The number of ketones is 3. The molecule has 1 aromatic carbocycles. The summed E-state index contributed by atoms with van der Waals surface area (Å²) >= 11 is 0. The van der Waals surface area contributed by atoms with Crippen molar-refractivity contribution in [3.63, 3.8) is 0 Å². The first-order chi connectivity index (χ1) is 15.5. The van der Waals surface area contributed by atoms with Gasteiger partial charge in [-0.25, -0.2) is 0 Å². The standard InChI is InChI=1S/C25H24N2O6/c1-11-21(30)19(14(4)28)23-20(22(11)31)25(5)17(33-23)10-16(29)18(24(25)32)13(3)27-12(2)15-8-6-7-9-26-15/h6-10,12,27,30-31H,1-5H3/t12?,25-/m0/s1. The molecule has 33 heavy (non-hydrogen) atoms. The molecular weight excluding hydrogens is 424 g/mol. The minimum absolute atomic E-state index is 0.00428. The van der Waals surface area contributed by atoms with Crippen LogP contribution in [0.2, 0.25) is 0 Å². The SMILES string of the molecule is CC(=O)c1c(O)c(C)c(O)c2c1OC1=CC(=O)C(=C(C)NC(C)c3ccccn3)C(=O)[C@@]12C. The van der Waals surface area contributed by atoms with E-state index in [1.165, 1.54) is 26.8 Å². The van der Waals surface area contributed by atoms with Crippen LogP contribution in [0, 0.1) is 6.92 Å². The molecular formula is C25H24N2O6. The van der Waals surface area contributed by atoms with Gasteiger partial charge in [0.1, 0.15) is 34.0 Å². The molecule has 8 nitrogen and oxygen atoms in total. The van der Waals surface area contributed by atoms with E-state index in [9.17, 15) is 24.6 Å². The van der Waals surface area contributed by atoms with Crippen molar-refractivity contribution in [3.8, 4) is 17.2 Å². The first-order valence-electron chi connectivity index (χ1n) is 10.5. The van der Waals surface area contributed by atoms with E-state index in [1.54, 1.807) is 19.2 Å². The second kappa shape index (κ2) is 7.58. The summed E-state index contributed by atoms with van der Waals surface area (Å²) in [5.74, 6) is -2.49. The summed E-state index contributed by atoms with van der Waals surface area (Å²) in [6.07, 6.45) is 2.85. The number of Topliss-reactive ketones (excluding diaryl/α,β-unsaturated/α-hetero) is 2. The Morgan fingerprint density at radius 1 is 1.18 bits per heavy atom. The molecule has 1 aliphatic carbocycles. The Labute approximate surface area is 190 Å². The lowest BCUT2D eigenvalue weighted by molar-refractivity contribution is -0.123. The normalized spacial score (nSPS) is 21.5. The van der Waals surface area contributed by atoms with Crippen LogP contribution in [0.5, 0.6) is 17.2 Å². The predicted molar refractivity (Wildman–Crippen MR) is 119 cm³/mol. The van der Waals surface area contributed by atoms with E-state index >= 15 is 0 Å². The lowest BCUT2D eigenvalue weighted by atomic mass is 9.70. The fourth-order valence-corrected chi connectivity index (χ4v) is 4.47. The molecule has 0 saturated heterocycles. The number of phenols is 2. The highest BCUT2D eigenvalue weighted by molar-refractivity contribution is 6.31. The maximum Gasteiger partial charge on any atom is 0.194 e. The summed E-state index contributed by atoms with van der Waals surface area (Å²) < 4.78 is 5.77. The summed E-state index contributed by atoms with van der Waals surface area (Å²) in [5.41, 5.74) is -0.539. The Balaban J connectivity index is 1.87. The summed E-state index contributed by atoms with van der Waals surface area (Å²) in [7, 11) is 0. The summed E-state index contributed by atoms with van der Waals surface area (Å²) in [6.45, 7) is 7.72. The van der Waals surface area contributed by atoms with E-state index in [2.05, 4.69) is 10.3 Å². The van der Waals surface area contributed by atoms with Gasteiger partial charge in [0.2, 0.25) is 0 Å². The molecule has 170 valence electrons. The molecule has 2 atom stereocenters. The molecule has 1 unspecified atom stereocenters. The number of hydrogen-bond donors (Lipinski definition) is 3. The van der Waals surface area contributed by atoms with Crippen molar-refractivity contribution in [1.29, 1.82) is 0 Å². The van der Waals surface area contributed by atoms with Gasteiger partial charge < -0.3 is 20.3 Å². The van der Waals surface area contributed by atoms with Crippen LogP contribution in [0.15, 0.2) is 47.5 Å². The smallest absolute Gasteiger partial charge is 0.194 e. The Kier molecular flexibility index (Phi) is 5.11. The molecule has 2 heterocycles. The predicted octanol–water partition coefficient (Wildman–Crippen LogP) is 3.31. The van der Waals surface area contributed by atoms with Gasteiger partial charge >= 0.3 is 0 Å². The Bertz CT molecular complexity index is 1290. The van der Waals surface area contributed by atoms with Gasteiger partial charge in [-0.2, -0.15) is 0 Å². The van der Waals surface area contributed by atoms with E-state index in [4.69, 9.17) is 4.74 Å². The van der Waals surface area contributed by atoms with Gasteiger partial charge in [0.25, 0.3) is 0 Å². The van der Waals surface area contributed by atoms with E-state index < -0.39 is 28.5 Å². The van der Waals surface area contributed by atoms with Crippen LogP contribution in [0.3, 0.4) is 0 Å². The Morgan fingerprint density at radius 2 is 1.88 bits per heavy atom. The summed E-state index contributed by atoms with van der Waals surface area (Å²) in [6, 6.07) is 5.19. The summed E-state index contributed by atoms with van der Waals surface area (Å²) in [4.78, 5) is 43.3. The molecule has 0 spiro atoms. The third-order valence-corrected chi connectivity index (χ3v) is 6.32. The van der Waals surface area contributed by atoms with Crippen LogP contribution in [-0.4, -0.2) is 32.5 Å². The van der Waals surface area contributed by atoms with Crippen molar-refractivity contribution in [2.75, 3.05) is 0 Å². The molecule has 1 aromatic heterocycles. The number of allylic oxidation sites excluding steroid dienone is 4. The fourth-order valence-electron chi connectivity index (χ4n) is 4.47. The van der Waals surface area contributed by atoms with Crippen molar-refractivity contribution in [2.24, 2.45) is 0 Å². The van der Waals surface area contributed by atoms with Gasteiger partial charge in [0.05, 0.1) is 22.9 Å². The van der Waals surface area contributed by atoms with Crippen LogP contribution >= 0.6 is 0 Å². The van der Waals surface area contributed by atoms with Crippen molar-refractivity contribution in [1.82, 2.24) is 10.3 Å². The lowest BCUT2D eigenvalue weighted by Crippen LogP contribution is -2.41. The van der Waals surface area contributed by atoms with Gasteiger partial charge in [-0.1, -0.05) is 6.07 Å². The summed E-state index contributed by atoms with van der Waals surface area (Å²) in [5, 5.41) is 24.5. The number of hydrogen-bond acceptors (Lipinski definition) is 8. The highest BCUT2D eigenvalue weighted by Crippen LogP contribution is 2.57. The number of rotatable bonds is 4. The van der Waals surface area contributed by atoms with Gasteiger partial charge in [0, 0.05) is 23.5 Å². The van der Waals surface area contributed by atoms with E-state index in [-0.39, 0.29) is 45.6 Å². The number of carbonyl (C=O) groups is 3. The monoisotopic (exact) mass is 448 g/mol. The van der Waals surface area contributed by atoms with Crippen LogP contribution in [0.1, 0.15) is 60.9 Å².